The first-order valence-electron chi connectivity index (χ1n) is 6.75. The summed E-state index contributed by atoms with van der Waals surface area (Å²) >= 11 is 0. The van der Waals surface area contributed by atoms with Crippen LogP contribution in [0.25, 0.3) is 0 Å². The standard InChI is InChI=1S/C15H23NO2/c1-2-3-4-6-11-14(12-15(17)18)16-13-9-7-5-8-10-13/h5,7-10,14,16H,2-4,6,11-12H2,1H3,(H,17,18). The van der Waals surface area contributed by atoms with E-state index in [0.717, 1.165) is 18.5 Å². The fraction of sp³-hybridized carbons (Fsp3) is 0.533. The normalized spacial score (nSPS) is 12.1. The summed E-state index contributed by atoms with van der Waals surface area (Å²) in [6.07, 6.45) is 5.80. The number of carbonyl (C=O) groups is 1. The fourth-order valence-electron chi connectivity index (χ4n) is 2.02. The van der Waals surface area contributed by atoms with Crippen molar-refractivity contribution in [2.75, 3.05) is 5.32 Å². The Balaban J connectivity index is 2.42. The van der Waals surface area contributed by atoms with Crippen LogP contribution in [0.3, 0.4) is 0 Å². The highest BCUT2D eigenvalue weighted by Gasteiger charge is 2.12. The predicted molar refractivity (Wildman–Crippen MR) is 74.9 cm³/mol. The van der Waals surface area contributed by atoms with Gasteiger partial charge in [0.1, 0.15) is 0 Å². The Labute approximate surface area is 109 Å². The van der Waals surface area contributed by atoms with Crippen LogP contribution in [-0.4, -0.2) is 17.1 Å². The summed E-state index contributed by atoms with van der Waals surface area (Å²) in [4.78, 5) is 10.8. The second kappa shape index (κ2) is 8.56. The first-order chi connectivity index (χ1) is 8.72. The number of nitrogens with one attached hydrogen (secondary N) is 1. The van der Waals surface area contributed by atoms with E-state index < -0.39 is 5.97 Å². The van der Waals surface area contributed by atoms with Gasteiger partial charge in [-0.25, -0.2) is 0 Å². The molecule has 0 aromatic heterocycles. The summed E-state index contributed by atoms with van der Waals surface area (Å²) in [5.41, 5.74) is 0.999. The minimum atomic E-state index is -0.737. The summed E-state index contributed by atoms with van der Waals surface area (Å²) in [7, 11) is 0. The Hall–Kier alpha value is -1.51. The van der Waals surface area contributed by atoms with Crippen LogP contribution in [0, 0.1) is 0 Å². The van der Waals surface area contributed by atoms with Crippen LogP contribution in [0.4, 0.5) is 5.69 Å². The van der Waals surface area contributed by atoms with E-state index in [1.54, 1.807) is 0 Å². The molecule has 1 aromatic rings. The van der Waals surface area contributed by atoms with Crippen molar-refractivity contribution in [3.8, 4) is 0 Å². The fourth-order valence-corrected chi connectivity index (χ4v) is 2.02. The topological polar surface area (TPSA) is 49.3 Å². The molecule has 3 heteroatoms. The van der Waals surface area contributed by atoms with Crippen molar-refractivity contribution in [3.05, 3.63) is 30.3 Å². The van der Waals surface area contributed by atoms with E-state index in [2.05, 4.69) is 12.2 Å². The highest BCUT2D eigenvalue weighted by Crippen LogP contribution is 2.14. The molecule has 3 nitrogen and oxygen atoms in total. The van der Waals surface area contributed by atoms with Crippen molar-refractivity contribution in [3.63, 3.8) is 0 Å². The van der Waals surface area contributed by atoms with Crippen molar-refractivity contribution in [1.82, 2.24) is 0 Å². The summed E-state index contributed by atoms with van der Waals surface area (Å²) in [6, 6.07) is 9.84. The van der Waals surface area contributed by atoms with Crippen molar-refractivity contribution in [1.29, 1.82) is 0 Å². The van der Waals surface area contributed by atoms with Crippen molar-refractivity contribution in [2.45, 2.75) is 51.5 Å². The molecule has 0 aliphatic carbocycles. The molecule has 1 rings (SSSR count). The van der Waals surface area contributed by atoms with Crippen LogP contribution >= 0.6 is 0 Å². The first-order valence-corrected chi connectivity index (χ1v) is 6.75. The molecular formula is C15H23NO2. The molecular weight excluding hydrogens is 226 g/mol. The molecule has 0 spiro atoms. The molecule has 0 radical (unpaired) electrons. The molecule has 18 heavy (non-hydrogen) atoms. The van der Waals surface area contributed by atoms with E-state index in [-0.39, 0.29) is 12.5 Å². The van der Waals surface area contributed by atoms with Crippen molar-refractivity contribution < 1.29 is 9.90 Å². The van der Waals surface area contributed by atoms with Gasteiger partial charge < -0.3 is 10.4 Å². The Morgan fingerprint density at radius 3 is 2.56 bits per heavy atom. The molecule has 2 N–H and O–H groups in total. The number of benzene rings is 1. The molecule has 0 bridgehead atoms. The maximum Gasteiger partial charge on any atom is 0.305 e. The van der Waals surface area contributed by atoms with Gasteiger partial charge in [0.05, 0.1) is 6.42 Å². The summed E-state index contributed by atoms with van der Waals surface area (Å²) in [6.45, 7) is 2.18. The molecule has 0 heterocycles. The second-order valence-electron chi connectivity index (χ2n) is 4.65. The zero-order chi connectivity index (χ0) is 13.2. The number of unbranched alkanes of at least 4 members (excludes halogenated alkanes) is 3. The lowest BCUT2D eigenvalue weighted by atomic mass is 10.0. The van der Waals surface area contributed by atoms with E-state index in [9.17, 15) is 4.79 Å². The van der Waals surface area contributed by atoms with E-state index in [0.29, 0.717) is 0 Å². The number of carboxylic acid groups (broad SMARTS) is 1. The third-order valence-corrected chi connectivity index (χ3v) is 2.97. The molecule has 0 aliphatic heterocycles. The number of hydrogen-bond acceptors (Lipinski definition) is 2. The van der Waals surface area contributed by atoms with Gasteiger partial charge in [0.25, 0.3) is 0 Å². The second-order valence-corrected chi connectivity index (χ2v) is 4.65. The minimum absolute atomic E-state index is 0.0294. The van der Waals surface area contributed by atoms with Crippen LogP contribution < -0.4 is 5.32 Å². The van der Waals surface area contributed by atoms with Gasteiger partial charge in [0.15, 0.2) is 0 Å². The molecule has 100 valence electrons. The van der Waals surface area contributed by atoms with Gasteiger partial charge in [-0.05, 0) is 18.6 Å². The third-order valence-electron chi connectivity index (χ3n) is 2.97. The molecule has 0 aliphatic rings. The Bertz CT molecular complexity index is 338. The highest BCUT2D eigenvalue weighted by molar-refractivity contribution is 5.68. The van der Waals surface area contributed by atoms with Gasteiger partial charge in [-0.1, -0.05) is 50.8 Å². The molecule has 0 amide bonds. The van der Waals surface area contributed by atoms with Crippen LogP contribution in [0.15, 0.2) is 30.3 Å². The number of rotatable bonds is 9. The number of aliphatic carboxylic acids is 1. The van der Waals surface area contributed by atoms with Crippen molar-refractivity contribution >= 4 is 11.7 Å². The maximum atomic E-state index is 10.8. The summed E-state index contributed by atoms with van der Waals surface area (Å²) in [5.74, 6) is -0.737. The van der Waals surface area contributed by atoms with Crippen LogP contribution in [0.1, 0.15) is 45.4 Å². The number of para-hydroxylation sites is 1. The first kappa shape index (κ1) is 14.6. The largest absolute Gasteiger partial charge is 0.481 e. The molecule has 0 saturated heterocycles. The smallest absolute Gasteiger partial charge is 0.305 e. The lowest BCUT2D eigenvalue weighted by Gasteiger charge is -2.18. The van der Waals surface area contributed by atoms with Crippen LogP contribution in [0.2, 0.25) is 0 Å². The monoisotopic (exact) mass is 249 g/mol. The number of anilines is 1. The Kier molecular flexibility index (Phi) is 6.92. The van der Waals surface area contributed by atoms with Gasteiger partial charge in [0, 0.05) is 11.7 Å². The lowest BCUT2D eigenvalue weighted by Crippen LogP contribution is -2.23. The third kappa shape index (κ3) is 6.28. The maximum absolute atomic E-state index is 10.8. The summed E-state index contributed by atoms with van der Waals surface area (Å²) < 4.78 is 0. The molecule has 1 atom stereocenters. The number of carboxylic acids is 1. The Morgan fingerprint density at radius 1 is 1.22 bits per heavy atom. The van der Waals surface area contributed by atoms with E-state index in [1.165, 1.54) is 19.3 Å². The van der Waals surface area contributed by atoms with Gasteiger partial charge in [-0.15, -0.1) is 0 Å². The zero-order valence-corrected chi connectivity index (χ0v) is 11.1. The molecule has 1 unspecified atom stereocenters. The highest BCUT2D eigenvalue weighted by atomic mass is 16.4. The van der Waals surface area contributed by atoms with Gasteiger partial charge in [-0.3, -0.25) is 4.79 Å². The minimum Gasteiger partial charge on any atom is -0.481 e. The van der Waals surface area contributed by atoms with Crippen LogP contribution in [0.5, 0.6) is 0 Å². The Morgan fingerprint density at radius 2 is 1.94 bits per heavy atom. The average Bonchev–Trinajstić information content (AvgIpc) is 2.35. The van der Waals surface area contributed by atoms with E-state index >= 15 is 0 Å². The quantitative estimate of drug-likeness (QED) is 0.652. The molecule has 1 aromatic carbocycles. The van der Waals surface area contributed by atoms with E-state index in [4.69, 9.17) is 5.11 Å². The lowest BCUT2D eigenvalue weighted by molar-refractivity contribution is -0.137. The molecule has 0 saturated carbocycles. The summed E-state index contributed by atoms with van der Waals surface area (Å²) in [5, 5.41) is 12.2. The molecule has 0 fully saturated rings. The SMILES string of the molecule is CCCCCCC(CC(=O)O)Nc1ccccc1. The zero-order valence-electron chi connectivity index (χ0n) is 11.1. The van der Waals surface area contributed by atoms with Crippen molar-refractivity contribution in [2.24, 2.45) is 0 Å². The van der Waals surface area contributed by atoms with Crippen LogP contribution in [-0.2, 0) is 4.79 Å². The number of hydrogen-bond donors (Lipinski definition) is 2. The van der Waals surface area contributed by atoms with Gasteiger partial charge >= 0.3 is 5.97 Å². The van der Waals surface area contributed by atoms with E-state index in [1.807, 2.05) is 30.3 Å². The van der Waals surface area contributed by atoms with Gasteiger partial charge in [-0.2, -0.15) is 0 Å². The van der Waals surface area contributed by atoms with Gasteiger partial charge in [0.2, 0.25) is 0 Å². The average molecular weight is 249 g/mol. The predicted octanol–water partition coefficient (Wildman–Crippen LogP) is 3.91.